The number of benzene rings is 1. The fourth-order valence-electron chi connectivity index (χ4n) is 4.03. The molecule has 6 nitrogen and oxygen atoms in total. The highest BCUT2D eigenvalue weighted by atomic mass is 16.6. The number of esters is 1. The number of unbranched alkanes of at least 4 members (excludes halogenated alkanes) is 7. The lowest BCUT2D eigenvalue weighted by Gasteiger charge is -2.14. The third kappa shape index (κ3) is 10.9. The Hall–Kier alpha value is -3.02. The van der Waals surface area contributed by atoms with Crippen LogP contribution < -0.4 is 19.8 Å². The van der Waals surface area contributed by atoms with Gasteiger partial charge in [0.2, 0.25) is 5.75 Å². The Balaban J connectivity index is 2.14. The minimum Gasteiger partial charge on any atom is -0.493 e. The normalized spacial score (nSPS) is 11.4. The highest BCUT2D eigenvalue weighted by Gasteiger charge is 2.22. The minimum atomic E-state index is -0.695. The first-order valence-electron chi connectivity index (χ1n) is 13.7. The van der Waals surface area contributed by atoms with Crippen molar-refractivity contribution in [2.75, 3.05) is 13.2 Å². The molecule has 0 aliphatic carbocycles. The van der Waals surface area contributed by atoms with Crippen LogP contribution in [-0.4, -0.2) is 19.2 Å². The third-order valence-corrected chi connectivity index (χ3v) is 6.06. The zero-order valence-corrected chi connectivity index (χ0v) is 23.3. The van der Waals surface area contributed by atoms with Crippen molar-refractivity contribution in [3.8, 4) is 17.2 Å². The van der Waals surface area contributed by atoms with Crippen LogP contribution >= 0.6 is 0 Å². The lowest BCUT2D eigenvalue weighted by Crippen LogP contribution is -2.13. The van der Waals surface area contributed by atoms with Crippen LogP contribution in [-0.2, 0) is 4.79 Å². The van der Waals surface area contributed by atoms with Crippen molar-refractivity contribution in [1.82, 2.24) is 0 Å². The summed E-state index contributed by atoms with van der Waals surface area (Å²) in [6.45, 7) is 10.4. The number of fused-ring (bicyclic) bond motifs is 1. The Bertz CT molecular complexity index is 1100. The molecule has 0 unspecified atom stereocenters. The van der Waals surface area contributed by atoms with E-state index in [0.717, 1.165) is 31.3 Å². The molecule has 0 N–H and O–H groups in total. The second-order valence-electron chi connectivity index (χ2n) is 9.78. The van der Waals surface area contributed by atoms with Crippen LogP contribution in [0.15, 0.2) is 50.7 Å². The van der Waals surface area contributed by atoms with Gasteiger partial charge in [0.1, 0.15) is 23.3 Å². The zero-order valence-electron chi connectivity index (χ0n) is 23.3. The molecule has 1 heterocycles. The monoisotopic (exact) mass is 512 g/mol. The minimum absolute atomic E-state index is 0.0425. The van der Waals surface area contributed by atoms with Crippen LogP contribution in [0.2, 0.25) is 0 Å². The molecule has 0 saturated carbocycles. The van der Waals surface area contributed by atoms with Crippen molar-refractivity contribution in [1.29, 1.82) is 0 Å². The first-order chi connectivity index (χ1) is 17.8. The maximum atomic E-state index is 12.7. The molecule has 0 spiro atoms. The molecule has 0 saturated heterocycles. The summed E-state index contributed by atoms with van der Waals surface area (Å²) >= 11 is 0. The molecule has 0 aliphatic rings. The summed E-state index contributed by atoms with van der Waals surface area (Å²) in [6, 6.07) is 5.20. The van der Waals surface area contributed by atoms with Gasteiger partial charge in [-0.15, -0.1) is 0 Å². The highest BCUT2D eigenvalue weighted by Crippen LogP contribution is 2.39. The average Bonchev–Trinajstić information content (AvgIpc) is 2.84. The van der Waals surface area contributed by atoms with E-state index < -0.39 is 11.6 Å². The molecule has 0 atom stereocenters. The van der Waals surface area contributed by atoms with Crippen LogP contribution in [0.1, 0.15) is 98.8 Å². The van der Waals surface area contributed by atoms with Gasteiger partial charge in [-0.3, -0.25) is 4.79 Å². The molecule has 0 radical (unpaired) electrons. The van der Waals surface area contributed by atoms with Crippen LogP contribution in [0.3, 0.4) is 0 Å². The first kappa shape index (κ1) is 30.2. The summed E-state index contributed by atoms with van der Waals surface area (Å²) in [7, 11) is 0. The maximum Gasteiger partial charge on any atom is 0.383 e. The topological polar surface area (TPSA) is 75.0 Å². The Labute approximate surface area is 221 Å². The first-order valence-corrected chi connectivity index (χ1v) is 13.7. The third-order valence-electron chi connectivity index (χ3n) is 6.06. The van der Waals surface area contributed by atoms with Crippen molar-refractivity contribution in [2.45, 2.75) is 98.8 Å². The largest absolute Gasteiger partial charge is 0.493 e. The van der Waals surface area contributed by atoms with E-state index in [4.69, 9.17) is 18.6 Å². The molecule has 0 amide bonds. The summed E-state index contributed by atoms with van der Waals surface area (Å²) in [4.78, 5) is 24.7. The number of rotatable bonds is 17. The fraction of sp³-hybridized carbons (Fsp3) is 0.548. The number of hydrogen-bond donors (Lipinski definition) is 0. The van der Waals surface area contributed by atoms with Crippen LogP contribution in [0.25, 0.3) is 11.0 Å². The fourth-order valence-corrected chi connectivity index (χ4v) is 4.03. The Kier molecular flexibility index (Phi) is 13.6. The quantitative estimate of drug-likeness (QED) is 0.0918. The smallest absolute Gasteiger partial charge is 0.383 e. The van der Waals surface area contributed by atoms with Crippen LogP contribution in [0, 0.1) is 0 Å². The number of allylic oxidation sites excluding steroid dienone is 3. The molecule has 0 bridgehead atoms. The van der Waals surface area contributed by atoms with Crippen molar-refractivity contribution in [3.05, 3.63) is 51.9 Å². The summed E-state index contributed by atoms with van der Waals surface area (Å²) in [5, 5.41) is 0.427. The van der Waals surface area contributed by atoms with Crippen LogP contribution in [0.4, 0.5) is 0 Å². The van der Waals surface area contributed by atoms with E-state index in [9.17, 15) is 9.59 Å². The Morgan fingerprint density at radius 3 is 2.27 bits per heavy atom. The van der Waals surface area contributed by atoms with Gasteiger partial charge >= 0.3 is 11.6 Å². The van der Waals surface area contributed by atoms with E-state index in [2.05, 4.69) is 26.8 Å². The van der Waals surface area contributed by atoms with E-state index >= 15 is 0 Å². The van der Waals surface area contributed by atoms with Gasteiger partial charge in [-0.2, -0.15) is 0 Å². The molecular formula is C31H44O6. The van der Waals surface area contributed by atoms with Crippen molar-refractivity contribution >= 4 is 16.9 Å². The van der Waals surface area contributed by atoms with E-state index in [1.165, 1.54) is 51.0 Å². The molecule has 204 valence electrons. The van der Waals surface area contributed by atoms with Crippen molar-refractivity contribution in [3.63, 3.8) is 0 Å². The van der Waals surface area contributed by atoms with Gasteiger partial charge < -0.3 is 18.6 Å². The summed E-state index contributed by atoms with van der Waals surface area (Å²) in [5.74, 6) is -0.137. The number of carbonyl (C=O) groups excluding carboxylic acids is 1. The summed E-state index contributed by atoms with van der Waals surface area (Å²) in [5.41, 5.74) is 2.02. The molecule has 0 fully saturated rings. The van der Waals surface area contributed by atoms with E-state index in [-0.39, 0.29) is 23.7 Å². The number of hydrogen-bond acceptors (Lipinski definition) is 6. The highest BCUT2D eigenvalue weighted by molar-refractivity contribution is 5.93. The van der Waals surface area contributed by atoms with Crippen molar-refractivity contribution < 1.29 is 23.4 Å². The second-order valence-corrected chi connectivity index (χ2v) is 9.78. The molecule has 6 heteroatoms. The number of ether oxygens (including phenoxy) is 3. The Morgan fingerprint density at radius 1 is 0.892 bits per heavy atom. The average molecular weight is 513 g/mol. The lowest BCUT2D eigenvalue weighted by atomic mass is 10.1. The van der Waals surface area contributed by atoms with E-state index in [0.29, 0.717) is 17.7 Å². The summed E-state index contributed by atoms with van der Waals surface area (Å²) < 4.78 is 22.9. The van der Waals surface area contributed by atoms with Gasteiger partial charge in [0.05, 0.1) is 6.61 Å². The van der Waals surface area contributed by atoms with Gasteiger partial charge in [0.25, 0.3) is 0 Å². The predicted octanol–water partition coefficient (Wildman–Crippen LogP) is 8.31. The van der Waals surface area contributed by atoms with Gasteiger partial charge in [-0.05, 0) is 58.2 Å². The molecule has 2 rings (SSSR count). The lowest BCUT2D eigenvalue weighted by molar-refractivity contribution is -0.131. The second kappa shape index (κ2) is 16.7. The van der Waals surface area contributed by atoms with Gasteiger partial charge in [0.15, 0.2) is 5.75 Å². The van der Waals surface area contributed by atoms with E-state index in [1.54, 1.807) is 18.2 Å². The molecular weight excluding hydrogens is 468 g/mol. The van der Waals surface area contributed by atoms with Gasteiger partial charge in [0, 0.05) is 6.92 Å². The number of carbonyl (C=O) groups is 1. The molecule has 1 aromatic heterocycles. The van der Waals surface area contributed by atoms with Crippen molar-refractivity contribution in [2.24, 2.45) is 0 Å². The van der Waals surface area contributed by atoms with Crippen LogP contribution in [0.5, 0.6) is 17.2 Å². The SMILES string of the molecule is CCCCCCCCCCOc1cccc2oc(=O)c(OCC=C(C)CCC=C(C)C)c(OC(C)=O)c12. The predicted molar refractivity (Wildman–Crippen MR) is 150 cm³/mol. The zero-order chi connectivity index (χ0) is 27.0. The van der Waals surface area contributed by atoms with E-state index in [1.807, 2.05) is 13.0 Å². The summed E-state index contributed by atoms with van der Waals surface area (Å²) in [6.07, 6.45) is 15.6. The van der Waals surface area contributed by atoms with Gasteiger partial charge in [-0.1, -0.05) is 75.2 Å². The maximum absolute atomic E-state index is 12.7. The molecule has 37 heavy (non-hydrogen) atoms. The Morgan fingerprint density at radius 2 is 1.59 bits per heavy atom. The molecule has 0 aliphatic heterocycles. The van der Waals surface area contributed by atoms with Gasteiger partial charge in [-0.25, -0.2) is 4.79 Å². The molecule has 2 aromatic rings. The standard InChI is InChI=1S/C31H44O6/c1-6-7-8-9-10-11-12-13-21-34-26-18-15-19-27-28(26)29(36-25(5)32)30(31(33)37-27)35-22-20-24(4)17-14-16-23(2)3/h15-16,18-20H,6-14,17,21-22H2,1-5H3. The molecule has 1 aromatic carbocycles.